The van der Waals surface area contributed by atoms with E-state index in [0.717, 1.165) is 63.4 Å². The molecule has 1 aliphatic heterocycles. The number of ether oxygens (including phenoxy) is 1. The lowest BCUT2D eigenvalue weighted by molar-refractivity contribution is -0.130. The molecular weight excluding hydrogens is 324 g/mol. The third-order valence-corrected chi connectivity index (χ3v) is 5.71. The summed E-state index contributed by atoms with van der Waals surface area (Å²) in [7, 11) is 1.72. The Morgan fingerprint density at radius 3 is 2.71 bits per heavy atom. The van der Waals surface area contributed by atoms with Crippen LogP contribution in [0.25, 0.3) is 0 Å². The van der Waals surface area contributed by atoms with Gasteiger partial charge in [-0.15, -0.1) is 0 Å². The molecule has 0 bridgehead atoms. The van der Waals surface area contributed by atoms with Gasteiger partial charge in [-0.3, -0.25) is 4.79 Å². The van der Waals surface area contributed by atoms with Crippen molar-refractivity contribution in [3.8, 4) is 0 Å². The summed E-state index contributed by atoms with van der Waals surface area (Å²) in [6.07, 6.45) is 5.25. The number of nitrogens with one attached hydrogen (secondary N) is 1. The molecule has 2 aliphatic rings. The van der Waals surface area contributed by atoms with Gasteiger partial charge < -0.3 is 15.0 Å². The maximum Gasteiger partial charge on any atom is 0.225 e. The predicted octanol–water partition coefficient (Wildman–Crippen LogP) is 3.19. The van der Waals surface area contributed by atoms with E-state index in [1.165, 1.54) is 5.56 Å². The number of hydrogen-bond acceptors (Lipinski definition) is 3. The molecule has 1 N–H and O–H groups in total. The summed E-state index contributed by atoms with van der Waals surface area (Å²) in [6, 6.07) is 7.92. The molecule has 1 saturated carbocycles. The quantitative estimate of drug-likeness (QED) is 0.856. The Morgan fingerprint density at radius 2 is 2.08 bits per heavy atom. The minimum Gasteiger partial charge on any atom is -0.383 e. The molecule has 0 spiro atoms. The molecular formula is C19H27ClN2O2. The zero-order valence-corrected chi connectivity index (χ0v) is 15.1. The number of piperidine rings is 1. The number of benzene rings is 1. The van der Waals surface area contributed by atoms with Gasteiger partial charge in [0.2, 0.25) is 5.91 Å². The Kier molecular flexibility index (Phi) is 5.80. The maximum absolute atomic E-state index is 12.9. The van der Waals surface area contributed by atoms with E-state index >= 15 is 0 Å². The van der Waals surface area contributed by atoms with Crippen molar-refractivity contribution in [1.82, 2.24) is 10.2 Å². The molecule has 1 aromatic carbocycles. The first-order valence-electron chi connectivity index (χ1n) is 8.92. The van der Waals surface area contributed by atoms with Crippen LogP contribution in [0.5, 0.6) is 0 Å². The highest BCUT2D eigenvalue weighted by Crippen LogP contribution is 2.42. The SMILES string of the molecule is COCCN1CCC[C@H](C(=O)NC2(c3ccc(Cl)cc3)CCC2)C1. The summed E-state index contributed by atoms with van der Waals surface area (Å²) in [4.78, 5) is 15.2. The summed E-state index contributed by atoms with van der Waals surface area (Å²) in [5.41, 5.74) is 0.995. The third-order valence-electron chi connectivity index (χ3n) is 5.45. The van der Waals surface area contributed by atoms with Gasteiger partial charge in [-0.2, -0.15) is 0 Å². The number of nitrogens with zero attached hydrogens (tertiary/aromatic N) is 1. The van der Waals surface area contributed by atoms with Crippen molar-refractivity contribution in [2.24, 2.45) is 5.92 Å². The Balaban J connectivity index is 1.63. The third kappa shape index (κ3) is 3.93. The second-order valence-corrected chi connectivity index (χ2v) is 7.50. The lowest BCUT2D eigenvalue weighted by Crippen LogP contribution is -2.54. The highest BCUT2D eigenvalue weighted by atomic mass is 35.5. The number of rotatable bonds is 6. The number of carbonyl (C=O) groups is 1. The van der Waals surface area contributed by atoms with Crippen LogP contribution in [0.4, 0.5) is 0 Å². The molecule has 24 heavy (non-hydrogen) atoms. The van der Waals surface area contributed by atoms with E-state index in [1.54, 1.807) is 7.11 Å². The molecule has 1 heterocycles. The van der Waals surface area contributed by atoms with Gasteiger partial charge >= 0.3 is 0 Å². The largest absolute Gasteiger partial charge is 0.383 e. The Hall–Kier alpha value is -1.10. The van der Waals surface area contributed by atoms with E-state index in [4.69, 9.17) is 16.3 Å². The summed E-state index contributed by atoms with van der Waals surface area (Å²) < 4.78 is 5.16. The van der Waals surface area contributed by atoms with Crippen molar-refractivity contribution in [3.63, 3.8) is 0 Å². The normalized spacial score (nSPS) is 23.5. The van der Waals surface area contributed by atoms with Gasteiger partial charge in [-0.1, -0.05) is 23.7 Å². The molecule has 3 rings (SSSR count). The van der Waals surface area contributed by atoms with Crippen LogP contribution >= 0.6 is 11.6 Å². The van der Waals surface area contributed by atoms with Crippen LogP contribution in [0.1, 0.15) is 37.7 Å². The van der Waals surface area contributed by atoms with Crippen LogP contribution in [0.15, 0.2) is 24.3 Å². The molecule has 1 aromatic rings. The molecule has 1 aliphatic carbocycles. The van der Waals surface area contributed by atoms with Crippen molar-refractivity contribution in [3.05, 3.63) is 34.9 Å². The molecule has 4 nitrogen and oxygen atoms in total. The molecule has 2 fully saturated rings. The Morgan fingerprint density at radius 1 is 1.33 bits per heavy atom. The fourth-order valence-electron chi connectivity index (χ4n) is 3.82. The van der Waals surface area contributed by atoms with Crippen LogP contribution in [0.3, 0.4) is 0 Å². The van der Waals surface area contributed by atoms with Crippen molar-refractivity contribution in [2.45, 2.75) is 37.6 Å². The minimum absolute atomic E-state index is 0.0837. The molecule has 5 heteroatoms. The fourth-order valence-corrected chi connectivity index (χ4v) is 3.94. The monoisotopic (exact) mass is 350 g/mol. The van der Waals surface area contributed by atoms with Crippen molar-refractivity contribution >= 4 is 17.5 Å². The van der Waals surface area contributed by atoms with Crippen LogP contribution in [0.2, 0.25) is 5.02 Å². The van der Waals surface area contributed by atoms with Crippen LogP contribution < -0.4 is 5.32 Å². The van der Waals surface area contributed by atoms with Gasteiger partial charge in [0, 0.05) is 25.2 Å². The van der Waals surface area contributed by atoms with Crippen molar-refractivity contribution < 1.29 is 9.53 Å². The zero-order valence-electron chi connectivity index (χ0n) is 14.4. The van der Waals surface area contributed by atoms with Gasteiger partial charge in [0.05, 0.1) is 18.1 Å². The van der Waals surface area contributed by atoms with E-state index in [-0.39, 0.29) is 17.4 Å². The Bertz CT molecular complexity index is 557. The number of halogens is 1. The minimum atomic E-state index is -0.184. The summed E-state index contributed by atoms with van der Waals surface area (Å²) in [5, 5.41) is 4.11. The molecule has 0 aromatic heterocycles. The van der Waals surface area contributed by atoms with Gasteiger partial charge in [-0.25, -0.2) is 0 Å². The van der Waals surface area contributed by atoms with E-state index in [0.29, 0.717) is 0 Å². The summed E-state index contributed by atoms with van der Waals surface area (Å²) in [5.74, 6) is 0.284. The lowest BCUT2D eigenvalue weighted by atomic mass is 9.71. The molecule has 1 amide bonds. The second-order valence-electron chi connectivity index (χ2n) is 7.06. The highest BCUT2D eigenvalue weighted by Gasteiger charge is 2.41. The van der Waals surface area contributed by atoms with E-state index in [9.17, 15) is 4.79 Å². The Labute approximate surface area is 149 Å². The molecule has 1 atom stereocenters. The standard InChI is InChI=1S/C19H27ClN2O2/c1-24-13-12-22-11-2-4-15(14-22)18(23)21-19(9-3-10-19)16-5-7-17(20)8-6-16/h5-8,15H,2-4,9-14H2,1H3,(H,21,23)/t15-/m0/s1. The molecule has 0 radical (unpaired) electrons. The van der Waals surface area contributed by atoms with Gasteiger partial charge in [0.25, 0.3) is 0 Å². The van der Waals surface area contributed by atoms with Crippen LogP contribution in [0, 0.1) is 5.92 Å². The number of hydrogen-bond donors (Lipinski definition) is 1. The highest BCUT2D eigenvalue weighted by molar-refractivity contribution is 6.30. The van der Waals surface area contributed by atoms with Gasteiger partial charge in [-0.05, 0) is 56.3 Å². The smallest absolute Gasteiger partial charge is 0.225 e. The summed E-state index contributed by atoms with van der Waals surface area (Å²) >= 11 is 6.01. The first kappa shape index (κ1) is 17.7. The second kappa shape index (κ2) is 7.85. The maximum atomic E-state index is 12.9. The topological polar surface area (TPSA) is 41.6 Å². The average Bonchev–Trinajstić information content (AvgIpc) is 2.57. The molecule has 1 saturated heterocycles. The lowest BCUT2D eigenvalue weighted by Gasteiger charge is -2.44. The van der Waals surface area contributed by atoms with E-state index in [1.807, 2.05) is 24.3 Å². The first-order valence-corrected chi connectivity index (χ1v) is 9.30. The van der Waals surface area contributed by atoms with Crippen molar-refractivity contribution in [1.29, 1.82) is 0 Å². The van der Waals surface area contributed by atoms with E-state index in [2.05, 4.69) is 10.2 Å². The first-order chi connectivity index (χ1) is 11.6. The number of carbonyl (C=O) groups excluding carboxylic acids is 1. The fraction of sp³-hybridized carbons (Fsp3) is 0.632. The molecule has 132 valence electrons. The van der Waals surface area contributed by atoms with Crippen LogP contribution in [-0.2, 0) is 15.1 Å². The average molecular weight is 351 g/mol. The van der Waals surface area contributed by atoms with Crippen LogP contribution in [-0.4, -0.2) is 44.2 Å². The van der Waals surface area contributed by atoms with Gasteiger partial charge in [0.15, 0.2) is 0 Å². The zero-order chi connectivity index (χ0) is 17.0. The van der Waals surface area contributed by atoms with Crippen molar-refractivity contribution in [2.75, 3.05) is 33.4 Å². The number of amides is 1. The van der Waals surface area contributed by atoms with E-state index < -0.39 is 0 Å². The molecule has 0 unspecified atom stereocenters. The summed E-state index contributed by atoms with van der Waals surface area (Å²) in [6.45, 7) is 3.53. The number of likely N-dealkylation sites (tertiary alicyclic amines) is 1. The predicted molar refractivity (Wildman–Crippen MR) is 96.2 cm³/mol. The number of methoxy groups -OCH3 is 1. The van der Waals surface area contributed by atoms with Gasteiger partial charge in [0.1, 0.15) is 0 Å².